The summed E-state index contributed by atoms with van der Waals surface area (Å²) in [6, 6.07) is 1.82. The molecule has 1 aromatic heterocycles. The number of pyridine rings is 1. The molecule has 0 bridgehead atoms. The highest BCUT2D eigenvalue weighted by Gasteiger charge is 2.31. The number of halogens is 3. The summed E-state index contributed by atoms with van der Waals surface area (Å²) in [5.41, 5.74) is 0. The van der Waals surface area contributed by atoms with Gasteiger partial charge in [-0.05, 0) is 34.6 Å². The highest BCUT2D eigenvalue weighted by atomic mass is 127. The predicted octanol–water partition coefficient (Wildman–Crippen LogP) is 3.09. The molecule has 1 saturated heterocycles. The SMILES string of the molecule is O=C1CC(CBr)CN1c1ncc(Cl)cc1I. The van der Waals surface area contributed by atoms with Gasteiger partial charge in [-0.25, -0.2) is 4.98 Å². The molecule has 86 valence electrons. The third-order valence-electron chi connectivity index (χ3n) is 2.47. The van der Waals surface area contributed by atoms with E-state index in [1.165, 1.54) is 0 Å². The van der Waals surface area contributed by atoms with Crippen molar-refractivity contribution >= 4 is 61.8 Å². The fourth-order valence-corrected chi connectivity index (χ4v) is 3.24. The first-order chi connectivity index (χ1) is 7.61. The van der Waals surface area contributed by atoms with Crippen molar-refractivity contribution in [3.05, 3.63) is 20.9 Å². The molecule has 1 fully saturated rings. The molecule has 0 saturated carbocycles. The summed E-state index contributed by atoms with van der Waals surface area (Å²) in [6.45, 7) is 0.731. The Kier molecular flexibility index (Phi) is 4.07. The molecule has 0 radical (unpaired) electrons. The van der Waals surface area contributed by atoms with Gasteiger partial charge >= 0.3 is 0 Å². The summed E-state index contributed by atoms with van der Waals surface area (Å²) in [7, 11) is 0. The maximum atomic E-state index is 11.8. The molecule has 1 aliphatic heterocycles. The first kappa shape index (κ1) is 12.6. The first-order valence-corrected chi connectivity index (χ1v) is 7.37. The average Bonchev–Trinajstić information content (AvgIpc) is 2.60. The Hall–Kier alpha value is 0.120. The van der Waals surface area contributed by atoms with Crippen LogP contribution in [0.4, 0.5) is 5.82 Å². The van der Waals surface area contributed by atoms with Crippen LogP contribution in [0, 0.1) is 9.49 Å². The van der Waals surface area contributed by atoms with Crippen LogP contribution in [0.15, 0.2) is 12.3 Å². The van der Waals surface area contributed by atoms with Crippen LogP contribution in [-0.4, -0.2) is 22.8 Å². The van der Waals surface area contributed by atoms with Crippen LogP contribution in [0.3, 0.4) is 0 Å². The third-order valence-corrected chi connectivity index (χ3v) is 4.38. The van der Waals surface area contributed by atoms with Gasteiger partial charge in [0.05, 0.1) is 8.59 Å². The minimum atomic E-state index is 0.136. The zero-order valence-electron chi connectivity index (χ0n) is 8.29. The summed E-state index contributed by atoms with van der Waals surface area (Å²) in [4.78, 5) is 17.8. The third kappa shape index (κ3) is 2.51. The molecule has 1 unspecified atom stereocenters. The van der Waals surface area contributed by atoms with E-state index >= 15 is 0 Å². The van der Waals surface area contributed by atoms with E-state index in [9.17, 15) is 4.79 Å². The van der Waals surface area contributed by atoms with Gasteiger partial charge in [0.15, 0.2) is 0 Å². The van der Waals surface area contributed by atoms with Crippen molar-refractivity contribution in [2.45, 2.75) is 6.42 Å². The second-order valence-corrected chi connectivity index (χ2v) is 5.93. The monoisotopic (exact) mass is 414 g/mol. The van der Waals surface area contributed by atoms with E-state index in [4.69, 9.17) is 11.6 Å². The van der Waals surface area contributed by atoms with Gasteiger partial charge in [-0.1, -0.05) is 27.5 Å². The van der Waals surface area contributed by atoms with E-state index < -0.39 is 0 Å². The van der Waals surface area contributed by atoms with Crippen molar-refractivity contribution in [3.63, 3.8) is 0 Å². The van der Waals surface area contributed by atoms with Gasteiger partial charge in [-0.2, -0.15) is 0 Å². The van der Waals surface area contributed by atoms with Crippen molar-refractivity contribution in [3.8, 4) is 0 Å². The number of rotatable bonds is 2. The molecule has 2 rings (SSSR count). The van der Waals surface area contributed by atoms with Gasteiger partial charge in [-0.3, -0.25) is 9.69 Å². The van der Waals surface area contributed by atoms with Crippen LogP contribution < -0.4 is 4.90 Å². The second kappa shape index (κ2) is 5.18. The lowest BCUT2D eigenvalue weighted by Gasteiger charge is -2.16. The van der Waals surface area contributed by atoms with Gasteiger partial charge in [-0.15, -0.1) is 0 Å². The number of nitrogens with zero attached hydrogens (tertiary/aromatic N) is 2. The Morgan fingerprint density at radius 2 is 2.44 bits per heavy atom. The van der Waals surface area contributed by atoms with Crippen molar-refractivity contribution < 1.29 is 4.79 Å². The number of aromatic nitrogens is 1. The Labute approximate surface area is 121 Å². The van der Waals surface area contributed by atoms with Gasteiger partial charge in [0, 0.05) is 24.5 Å². The maximum absolute atomic E-state index is 11.8. The van der Waals surface area contributed by atoms with Crippen molar-refractivity contribution in [2.24, 2.45) is 5.92 Å². The molecule has 0 aliphatic carbocycles. The molecule has 2 heterocycles. The molecule has 6 heteroatoms. The number of alkyl halides is 1. The van der Waals surface area contributed by atoms with Crippen LogP contribution in [0.5, 0.6) is 0 Å². The number of carbonyl (C=O) groups excluding carboxylic acids is 1. The highest BCUT2D eigenvalue weighted by molar-refractivity contribution is 14.1. The molecule has 16 heavy (non-hydrogen) atoms. The summed E-state index contributed by atoms with van der Waals surface area (Å²) < 4.78 is 0.911. The highest BCUT2D eigenvalue weighted by Crippen LogP contribution is 2.29. The minimum absolute atomic E-state index is 0.136. The minimum Gasteiger partial charge on any atom is -0.296 e. The van der Waals surface area contributed by atoms with Crippen LogP contribution in [0.2, 0.25) is 5.02 Å². The van der Waals surface area contributed by atoms with Crippen LogP contribution in [0.25, 0.3) is 0 Å². The second-order valence-electron chi connectivity index (χ2n) is 3.69. The van der Waals surface area contributed by atoms with Gasteiger partial charge in [0.25, 0.3) is 0 Å². The molecule has 1 aliphatic rings. The van der Waals surface area contributed by atoms with Crippen molar-refractivity contribution in [1.29, 1.82) is 0 Å². The molecule has 3 nitrogen and oxygen atoms in total. The molecule has 0 N–H and O–H groups in total. The molecule has 1 aromatic rings. The summed E-state index contributed by atoms with van der Waals surface area (Å²) in [5.74, 6) is 1.23. The molecular formula is C10H9BrClIN2O. The Bertz CT molecular complexity index is 429. The zero-order chi connectivity index (χ0) is 11.7. The van der Waals surface area contributed by atoms with E-state index in [2.05, 4.69) is 43.5 Å². The molecule has 0 aromatic carbocycles. The average molecular weight is 415 g/mol. The van der Waals surface area contributed by atoms with Crippen LogP contribution in [0.1, 0.15) is 6.42 Å². The van der Waals surface area contributed by atoms with Crippen molar-refractivity contribution in [2.75, 3.05) is 16.8 Å². The van der Waals surface area contributed by atoms with E-state index in [1.54, 1.807) is 11.1 Å². The van der Waals surface area contributed by atoms with E-state index in [1.807, 2.05) is 6.07 Å². The number of hydrogen-bond donors (Lipinski definition) is 0. The lowest BCUT2D eigenvalue weighted by Crippen LogP contribution is -2.26. The van der Waals surface area contributed by atoms with Crippen LogP contribution in [-0.2, 0) is 4.79 Å². The standard InChI is InChI=1S/C10H9BrClIN2O/c11-3-6-1-9(16)15(5-6)10-8(13)2-7(12)4-14-10/h2,4,6H,1,3,5H2. The topological polar surface area (TPSA) is 33.2 Å². The Morgan fingerprint density at radius 3 is 3.00 bits per heavy atom. The Balaban J connectivity index is 2.28. The fraction of sp³-hybridized carbons (Fsp3) is 0.400. The van der Waals surface area contributed by atoms with Crippen molar-refractivity contribution in [1.82, 2.24) is 4.98 Å². The normalized spacial score (nSPS) is 20.6. The van der Waals surface area contributed by atoms with E-state index in [0.717, 1.165) is 21.3 Å². The van der Waals surface area contributed by atoms with E-state index in [-0.39, 0.29) is 5.91 Å². The molecule has 1 amide bonds. The van der Waals surface area contributed by atoms with Gasteiger partial charge < -0.3 is 0 Å². The number of hydrogen-bond acceptors (Lipinski definition) is 2. The Morgan fingerprint density at radius 1 is 1.69 bits per heavy atom. The van der Waals surface area contributed by atoms with Gasteiger partial charge in [0.2, 0.25) is 5.91 Å². The molecule has 1 atom stereocenters. The first-order valence-electron chi connectivity index (χ1n) is 4.79. The largest absolute Gasteiger partial charge is 0.296 e. The number of carbonyl (C=O) groups is 1. The van der Waals surface area contributed by atoms with E-state index in [0.29, 0.717) is 17.4 Å². The number of anilines is 1. The number of amides is 1. The smallest absolute Gasteiger partial charge is 0.228 e. The maximum Gasteiger partial charge on any atom is 0.228 e. The fourth-order valence-electron chi connectivity index (χ4n) is 1.70. The quantitative estimate of drug-likeness (QED) is 0.550. The zero-order valence-corrected chi connectivity index (χ0v) is 12.8. The summed E-state index contributed by atoms with van der Waals surface area (Å²) in [5, 5.41) is 1.44. The van der Waals surface area contributed by atoms with Gasteiger partial charge in [0.1, 0.15) is 5.82 Å². The molecule has 0 spiro atoms. The van der Waals surface area contributed by atoms with Crippen LogP contribution >= 0.6 is 50.1 Å². The lowest BCUT2D eigenvalue weighted by atomic mass is 10.2. The lowest BCUT2D eigenvalue weighted by molar-refractivity contribution is -0.117. The molecular weight excluding hydrogens is 406 g/mol. The summed E-state index contributed by atoms with van der Waals surface area (Å²) in [6.07, 6.45) is 2.17. The summed E-state index contributed by atoms with van der Waals surface area (Å²) >= 11 is 11.4. The predicted molar refractivity (Wildman–Crippen MR) is 76.2 cm³/mol.